The van der Waals surface area contributed by atoms with E-state index in [4.69, 9.17) is 23.7 Å². The first-order chi connectivity index (χ1) is 18.7. The summed E-state index contributed by atoms with van der Waals surface area (Å²) in [6, 6.07) is 15.8. The molecule has 0 saturated carbocycles. The van der Waals surface area contributed by atoms with Crippen molar-refractivity contribution in [2.45, 2.75) is 62.1 Å². The van der Waals surface area contributed by atoms with Crippen LogP contribution in [-0.4, -0.2) is 72.3 Å². The molecule has 39 heavy (non-hydrogen) atoms. The van der Waals surface area contributed by atoms with Crippen molar-refractivity contribution >= 4 is 17.9 Å². The number of nitrogens with zero attached hydrogens (tertiary/aromatic N) is 1. The van der Waals surface area contributed by atoms with Crippen LogP contribution in [0.3, 0.4) is 0 Å². The number of fused-ring (bicyclic) bond motifs is 2. The van der Waals surface area contributed by atoms with Crippen LogP contribution in [0.4, 0.5) is 0 Å². The average molecular weight is 540 g/mol. The van der Waals surface area contributed by atoms with Gasteiger partial charge in [0.1, 0.15) is 11.5 Å². The zero-order valence-electron chi connectivity index (χ0n) is 22.1. The number of carbonyl (C=O) groups is 3. The molecule has 2 unspecified atom stereocenters. The Bertz CT molecular complexity index is 1260. The summed E-state index contributed by atoms with van der Waals surface area (Å²) in [5.74, 6) is -2.94. The Balaban J connectivity index is 1.28. The smallest absolute Gasteiger partial charge is 0.342 e. The number of methoxy groups -OCH3 is 1. The van der Waals surface area contributed by atoms with Crippen LogP contribution in [0.15, 0.2) is 48.5 Å². The van der Waals surface area contributed by atoms with Crippen molar-refractivity contribution in [3.8, 4) is 11.5 Å². The summed E-state index contributed by atoms with van der Waals surface area (Å²) in [6.07, 6.45) is 0.919. The Morgan fingerprint density at radius 3 is 2.54 bits per heavy atom. The van der Waals surface area contributed by atoms with Crippen molar-refractivity contribution in [1.29, 1.82) is 0 Å². The van der Waals surface area contributed by atoms with Gasteiger partial charge in [0.25, 0.3) is 0 Å². The molecule has 0 radical (unpaired) electrons. The third-order valence-corrected chi connectivity index (χ3v) is 7.77. The van der Waals surface area contributed by atoms with Gasteiger partial charge in [0.2, 0.25) is 5.72 Å². The Labute approximate surface area is 226 Å². The van der Waals surface area contributed by atoms with Gasteiger partial charge in [-0.1, -0.05) is 30.3 Å². The number of carbonyl (C=O) groups excluding carboxylic acids is 3. The molecule has 3 atom stereocenters. The summed E-state index contributed by atoms with van der Waals surface area (Å²) in [5, 5.41) is 10.7. The molecule has 3 saturated heterocycles. The average Bonchev–Trinajstić information content (AvgIpc) is 3.10. The normalized spacial score (nSPS) is 28.4. The van der Waals surface area contributed by atoms with Gasteiger partial charge < -0.3 is 28.8 Å². The van der Waals surface area contributed by atoms with Gasteiger partial charge in [-0.25, -0.2) is 4.79 Å². The second-order valence-corrected chi connectivity index (χ2v) is 10.3. The lowest BCUT2D eigenvalue weighted by atomic mass is 9.93. The number of aliphatic hydroxyl groups is 1. The lowest BCUT2D eigenvalue weighted by Gasteiger charge is -2.46. The van der Waals surface area contributed by atoms with E-state index >= 15 is 0 Å². The van der Waals surface area contributed by atoms with E-state index in [1.165, 1.54) is 0 Å². The Kier molecular flexibility index (Phi) is 7.26. The van der Waals surface area contributed by atoms with Gasteiger partial charge in [0.15, 0.2) is 5.60 Å². The summed E-state index contributed by atoms with van der Waals surface area (Å²) in [5.41, 5.74) is -1.63. The number of likely N-dealkylation sites (N-methyl/N-ethyl adjacent to an activating group) is 1. The minimum absolute atomic E-state index is 0.109. The number of hydrogen-bond donors (Lipinski definition) is 1. The molecule has 3 aliphatic heterocycles. The molecule has 208 valence electrons. The highest BCUT2D eigenvalue weighted by Gasteiger charge is 2.71. The van der Waals surface area contributed by atoms with Crippen LogP contribution >= 0.6 is 0 Å². The van der Waals surface area contributed by atoms with Crippen LogP contribution in [0.1, 0.15) is 43.2 Å². The Morgan fingerprint density at radius 2 is 1.74 bits per heavy atom. The lowest BCUT2D eigenvalue weighted by Crippen LogP contribution is -2.64. The van der Waals surface area contributed by atoms with Gasteiger partial charge in [0, 0.05) is 19.4 Å². The molecule has 1 N–H and O–H groups in total. The van der Waals surface area contributed by atoms with E-state index in [-0.39, 0.29) is 19.4 Å². The fraction of sp³-hybridized carbons (Fsp3) is 0.483. The zero-order valence-corrected chi connectivity index (χ0v) is 22.1. The van der Waals surface area contributed by atoms with E-state index in [2.05, 4.69) is 6.07 Å². The van der Waals surface area contributed by atoms with Crippen LogP contribution in [0.2, 0.25) is 0 Å². The molecule has 10 heteroatoms. The molecule has 10 nitrogen and oxygen atoms in total. The topological polar surface area (TPSA) is 121 Å². The number of ether oxygens (including phenoxy) is 5. The molecule has 0 aliphatic carbocycles. The third-order valence-electron chi connectivity index (χ3n) is 7.77. The summed E-state index contributed by atoms with van der Waals surface area (Å²) < 4.78 is 28.6. The van der Waals surface area contributed by atoms with Gasteiger partial charge in [-0.05, 0) is 55.6 Å². The number of esters is 3. The molecule has 0 amide bonds. The third kappa shape index (κ3) is 5.06. The number of aryl methyl sites for hydroxylation is 2. The number of para-hydroxylation sites is 1. The number of rotatable bonds is 9. The van der Waals surface area contributed by atoms with Crippen molar-refractivity contribution in [2.75, 3.05) is 27.3 Å². The predicted octanol–water partition coefficient (Wildman–Crippen LogP) is 2.54. The lowest BCUT2D eigenvalue weighted by molar-refractivity contribution is -0.314. The molecule has 3 aliphatic rings. The number of hydrogen-bond acceptors (Lipinski definition) is 10. The van der Waals surface area contributed by atoms with E-state index in [0.717, 1.165) is 35.5 Å². The van der Waals surface area contributed by atoms with Crippen molar-refractivity contribution in [1.82, 2.24) is 4.90 Å². The maximum absolute atomic E-state index is 12.8. The summed E-state index contributed by atoms with van der Waals surface area (Å²) in [7, 11) is 3.37. The summed E-state index contributed by atoms with van der Waals surface area (Å²) in [4.78, 5) is 40.0. The Hall–Kier alpha value is -3.63. The molecule has 3 heterocycles. The predicted molar refractivity (Wildman–Crippen MR) is 137 cm³/mol. The molecule has 3 fully saturated rings. The minimum Gasteiger partial charge on any atom is -0.497 e. The molecular formula is C29H33NO9. The van der Waals surface area contributed by atoms with Crippen molar-refractivity contribution < 1.29 is 43.2 Å². The van der Waals surface area contributed by atoms with E-state index in [1.807, 2.05) is 42.5 Å². The van der Waals surface area contributed by atoms with E-state index in [9.17, 15) is 19.5 Å². The highest BCUT2D eigenvalue weighted by atomic mass is 16.8. The minimum atomic E-state index is -2.30. The largest absolute Gasteiger partial charge is 0.497 e. The van der Waals surface area contributed by atoms with Crippen LogP contribution in [0, 0.1) is 0 Å². The Morgan fingerprint density at radius 1 is 0.974 bits per heavy atom. The molecular weight excluding hydrogens is 506 g/mol. The molecule has 2 bridgehead atoms. The first-order valence-electron chi connectivity index (χ1n) is 13.1. The van der Waals surface area contributed by atoms with Gasteiger partial charge in [0.05, 0.1) is 26.6 Å². The van der Waals surface area contributed by atoms with Crippen LogP contribution in [-0.2, 0) is 41.4 Å². The highest BCUT2D eigenvalue weighted by Crippen LogP contribution is 2.50. The fourth-order valence-electron chi connectivity index (χ4n) is 5.68. The number of likely N-dealkylation sites (tertiary alicyclic amines) is 1. The molecule has 0 aromatic heterocycles. The van der Waals surface area contributed by atoms with E-state index in [0.29, 0.717) is 13.0 Å². The SMILES string of the molecule is COc1cccc(CCc2ccccc2OCCC[C@]23OC(=O)CC4(O)CC(=O)OC2(CCN3C)OC4=O)c1. The van der Waals surface area contributed by atoms with Crippen LogP contribution < -0.4 is 9.47 Å². The molecule has 1 spiro atoms. The summed E-state index contributed by atoms with van der Waals surface area (Å²) in [6.45, 7) is 0.630. The van der Waals surface area contributed by atoms with Crippen LogP contribution in [0.25, 0.3) is 0 Å². The second-order valence-electron chi connectivity index (χ2n) is 10.3. The van der Waals surface area contributed by atoms with Crippen LogP contribution in [0.5, 0.6) is 11.5 Å². The van der Waals surface area contributed by atoms with E-state index < -0.39 is 47.9 Å². The van der Waals surface area contributed by atoms with Crippen molar-refractivity contribution in [2.24, 2.45) is 0 Å². The van der Waals surface area contributed by atoms with Gasteiger partial charge >= 0.3 is 23.7 Å². The molecule has 5 rings (SSSR count). The zero-order chi connectivity index (χ0) is 27.7. The second kappa shape index (κ2) is 10.5. The quantitative estimate of drug-likeness (QED) is 0.376. The van der Waals surface area contributed by atoms with Crippen molar-refractivity contribution in [3.63, 3.8) is 0 Å². The van der Waals surface area contributed by atoms with Crippen molar-refractivity contribution in [3.05, 3.63) is 59.7 Å². The summed E-state index contributed by atoms with van der Waals surface area (Å²) >= 11 is 0. The standard InChI is InChI=1S/C29H33NO9/c1-30-15-14-29-28(30,37-24(31)18-27(34,26(33)39-29)19-25(32)38-29)13-6-16-36-23-10-4-3-8-21(23)12-11-20-7-5-9-22(17-20)35-2/h3-5,7-10,17,34H,6,11-16,18-19H2,1-2H3/t27?,28-,29?/m0/s1. The number of benzene rings is 2. The maximum atomic E-state index is 12.8. The van der Waals surface area contributed by atoms with Gasteiger partial charge in [-0.15, -0.1) is 0 Å². The van der Waals surface area contributed by atoms with Gasteiger partial charge in [-0.3, -0.25) is 14.5 Å². The maximum Gasteiger partial charge on any atom is 0.342 e. The monoisotopic (exact) mass is 539 g/mol. The first-order valence-corrected chi connectivity index (χ1v) is 13.1. The van der Waals surface area contributed by atoms with Gasteiger partial charge in [-0.2, -0.15) is 0 Å². The van der Waals surface area contributed by atoms with E-state index in [1.54, 1.807) is 19.1 Å². The molecule has 2 aromatic rings. The fourth-order valence-corrected chi connectivity index (χ4v) is 5.68. The first kappa shape index (κ1) is 27.0. The highest BCUT2D eigenvalue weighted by molar-refractivity contribution is 5.92. The molecule has 2 aromatic carbocycles.